The van der Waals surface area contributed by atoms with Crippen LogP contribution in [-0.4, -0.2) is 49.3 Å². The summed E-state index contributed by atoms with van der Waals surface area (Å²) in [7, 11) is 1.65. The smallest absolute Gasteiger partial charge is 0.265 e. The van der Waals surface area contributed by atoms with Crippen LogP contribution in [0.3, 0.4) is 0 Å². The lowest BCUT2D eigenvalue weighted by atomic mass is 10.1. The number of carbonyl (C=O) groups is 1. The summed E-state index contributed by atoms with van der Waals surface area (Å²) in [6.45, 7) is 2.66. The van der Waals surface area contributed by atoms with Crippen molar-refractivity contribution in [3.8, 4) is 0 Å². The van der Waals surface area contributed by atoms with Crippen molar-refractivity contribution >= 4 is 21.8 Å². The van der Waals surface area contributed by atoms with Gasteiger partial charge in [0.15, 0.2) is 0 Å². The number of aliphatic hydroxyl groups excluding tert-OH is 1. The highest BCUT2D eigenvalue weighted by molar-refractivity contribution is 9.10. The summed E-state index contributed by atoms with van der Waals surface area (Å²) in [5.41, 5.74) is 3.62. The third kappa shape index (κ3) is 5.18. The number of nitrogens with zero attached hydrogens (tertiary/aromatic N) is 1. The summed E-state index contributed by atoms with van der Waals surface area (Å²) in [4.78, 5) is 13.5. The lowest BCUT2D eigenvalue weighted by Crippen LogP contribution is -2.31. The number of nitrogens with one attached hydrogen (secondary N) is 1. The Kier molecular flexibility index (Phi) is 7.71. The van der Waals surface area contributed by atoms with Crippen LogP contribution in [0.25, 0.3) is 0 Å². The summed E-state index contributed by atoms with van der Waals surface area (Å²) in [5, 5.41) is 9.07. The number of hydrogen-bond acceptors (Lipinski definition) is 5. The standard InChI is InChI=1S/C13H20BrN3O3/c1-20-7-5-17(4-6-18)9-11-3-2-10(8-12(11)14)13(19)16-15/h2-3,8,18H,4-7,9,15H2,1H3,(H,16,19). The van der Waals surface area contributed by atoms with Crippen molar-refractivity contribution in [1.29, 1.82) is 0 Å². The molecular formula is C13H20BrN3O3. The van der Waals surface area contributed by atoms with Crippen LogP contribution in [0.5, 0.6) is 0 Å². The molecule has 0 aliphatic heterocycles. The number of nitrogen functional groups attached to an aromatic ring is 1. The first kappa shape index (κ1) is 17.1. The van der Waals surface area contributed by atoms with E-state index in [1.54, 1.807) is 19.2 Å². The van der Waals surface area contributed by atoms with E-state index in [0.29, 0.717) is 25.3 Å². The van der Waals surface area contributed by atoms with Gasteiger partial charge in [0.25, 0.3) is 5.91 Å². The number of nitrogens with two attached hydrogens (primary N) is 1. The monoisotopic (exact) mass is 345 g/mol. The predicted octanol–water partition coefficient (Wildman–Crippen LogP) is 0.493. The van der Waals surface area contributed by atoms with Crippen LogP contribution < -0.4 is 11.3 Å². The molecule has 0 aliphatic rings. The van der Waals surface area contributed by atoms with Crippen molar-refractivity contribution in [3.63, 3.8) is 0 Å². The molecule has 0 radical (unpaired) electrons. The van der Waals surface area contributed by atoms with E-state index in [-0.39, 0.29) is 12.5 Å². The van der Waals surface area contributed by atoms with Crippen LogP contribution in [0.2, 0.25) is 0 Å². The summed E-state index contributed by atoms with van der Waals surface area (Å²) in [6, 6.07) is 5.31. The first-order valence-electron chi connectivity index (χ1n) is 6.24. The normalized spacial score (nSPS) is 10.8. The molecule has 1 aromatic rings. The maximum absolute atomic E-state index is 11.4. The van der Waals surface area contributed by atoms with Crippen molar-refractivity contribution in [2.24, 2.45) is 5.84 Å². The van der Waals surface area contributed by atoms with Crippen LogP contribution in [0, 0.1) is 0 Å². The zero-order valence-corrected chi connectivity index (χ0v) is 13.0. The molecule has 6 nitrogen and oxygen atoms in total. The molecule has 1 aromatic carbocycles. The molecule has 4 N–H and O–H groups in total. The highest BCUT2D eigenvalue weighted by Gasteiger charge is 2.10. The minimum atomic E-state index is -0.330. The van der Waals surface area contributed by atoms with Gasteiger partial charge >= 0.3 is 0 Å². The summed E-state index contributed by atoms with van der Waals surface area (Å²) in [6.07, 6.45) is 0. The van der Waals surface area contributed by atoms with Crippen molar-refractivity contribution < 1.29 is 14.6 Å². The minimum Gasteiger partial charge on any atom is -0.395 e. The first-order valence-corrected chi connectivity index (χ1v) is 7.03. The minimum absolute atomic E-state index is 0.0923. The maximum atomic E-state index is 11.4. The summed E-state index contributed by atoms with van der Waals surface area (Å²) >= 11 is 3.45. The third-order valence-electron chi connectivity index (χ3n) is 2.87. The number of methoxy groups -OCH3 is 1. The molecule has 1 amide bonds. The van der Waals surface area contributed by atoms with Gasteiger partial charge < -0.3 is 9.84 Å². The molecule has 0 aromatic heterocycles. The molecule has 0 atom stereocenters. The number of benzene rings is 1. The van der Waals surface area contributed by atoms with Gasteiger partial charge in [-0.15, -0.1) is 0 Å². The largest absolute Gasteiger partial charge is 0.395 e. The predicted molar refractivity (Wildman–Crippen MR) is 80.0 cm³/mol. The Morgan fingerprint density at radius 3 is 2.80 bits per heavy atom. The van der Waals surface area contributed by atoms with Crippen LogP contribution in [0.1, 0.15) is 15.9 Å². The zero-order valence-electron chi connectivity index (χ0n) is 11.4. The maximum Gasteiger partial charge on any atom is 0.265 e. The Bertz CT molecular complexity index is 443. The fourth-order valence-corrected chi connectivity index (χ4v) is 2.28. The lowest BCUT2D eigenvalue weighted by Gasteiger charge is -2.21. The van der Waals surface area contributed by atoms with E-state index in [0.717, 1.165) is 16.6 Å². The fraction of sp³-hybridized carbons (Fsp3) is 0.462. The first-order chi connectivity index (χ1) is 9.62. The topological polar surface area (TPSA) is 87.8 Å². The second kappa shape index (κ2) is 9.04. The quantitative estimate of drug-likeness (QED) is 0.362. The van der Waals surface area contributed by atoms with Crippen LogP contribution >= 0.6 is 15.9 Å². The molecule has 0 bridgehead atoms. The molecule has 0 spiro atoms. The number of amides is 1. The number of hydrogen-bond donors (Lipinski definition) is 3. The van der Waals surface area contributed by atoms with Crippen molar-refractivity contribution in [2.75, 3.05) is 33.4 Å². The van der Waals surface area contributed by atoms with E-state index < -0.39 is 0 Å². The lowest BCUT2D eigenvalue weighted by molar-refractivity contribution is 0.0953. The molecule has 0 saturated heterocycles. The number of rotatable bonds is 8. The Morgan fingerprint density at radius 2 is 2.25 bits per heavy atom. The average Bonchev–Trinajstić information content (AvgIpc) is 2.46. The van der Waals surface area contributed by atoms with Gasteiger partial charge in [0.1, 0.15) is 0 Å². The van der Waals surface area contributed by atoms with E-state index >= 15 is 0 Å². The van der Waals surface area contributed by atoms with Gasteiger partial charge in [-0.1, -0.05) is 22.0 Å². The van der Waals surface area contributed by atoms with Gasteiger partial charge in [-0.05, 0) is 17.7 Å². The SMILES string of the molecule is COCCN(CCO)Cc1ccc(C(=O)NN)cc1Br. The van der Waals surface area contributed by atoms with E-state index in [1.165, 1.54) is 0 Å². The molecule has 112 valence electrons. The molecular weight excluding hydrogens is 326 g/mol. The molecule has 0 heterocycles. The number of hydrazine groups is 1. The second-order valence-corrected chi connectivity index (χ2v) is 5.13. The van der Waals surface area contributed by atoms with E-state index in [2.05, 4.69) is 26.3 Å². The summed E-state index contributed by atoms with van der Waals surface area (Å²) < 4.78 is 5.88. The number of halogens is 1. The molecule has 0 aliphatic carbocycles. The Labute approximate surface area is 127 Å². The fourth-order valence-electron chi connectivity index (χ4n) is 1.77. The molecule has 1 rings (SSSR count). The average molecular weight is 346 g/mol. The molecule has 7 heteroatoms. The molecule has 0 unspecified atom stereocenters. The van der Waals surface area contributed by atoms with Gasteiger partial charge in [0, 0.05) is 36.8 Å². The van der Waals surface area contributed by atoms with Gasteiger partial charge in [-0.2, -0.15) is 0 Å². The third-order valence-corrected chi connectivity index (χ3v) is 3.61. The Hall–Kier alpha value is -0.990. The second-order valence-electron chi connectivity index (χ2n) is 4.27. The number of ether oxygens (including phenoxy) is 1. The van der Waals surface area contributed by atoms with Crippen LogP contribution in [0.4, 0.5) is 0 Å². The molecule has 0 fully saturated rings. The number of aliphatic hydroxyl groups is 1. The Balaban J connectivity index is 2.77. The van der Waals surface area contributed by atoms with Crippen LogP contribution in [-0.2, 0) is 11.3 Å². The van der Waals surface area contributed by atoms with Gasteiger partial charge in [0.05, 0.1) is 13.2 Å². The van der Waals surface area contributed by atoms with Crippen molar-refractivity contribution in [3.05, 3.63) is 33.8 Å². The van der Waals surface area contributed by atoms with E-state index in [1.807, 2.05) is 6.07 Å². The van der Waals surface area contributed by atoms with Crippen LogP contribution in [0.15, 0.2) is 22.7 Å². The number of carbonyl (C=O) groups excluding carboxylic acids is 1. The van der Waals surface area contributed by atoms with Gasteiger partial charge in [-0.25, -0.2) is 5.84 Å². The van der Waals surface area contributed by atoms with Gasteiger partial charge in [0.2, 0.25) is 0 Å². The highest BCUT2D eigenvalue weighted by Crippen LogP contribution is 2.20. The van der Waals surface area contributed by atoms with Crippen molar-refractivity contribution in [1.82, 2.24) is 10.3 Å². The van der Waals surface area contributed by atoms with E-state index in [9.17, 15) is 4.79 Å². The van der Waals surface area contributed by atoms with Gasteiger partial charge in [-0.3, -0.25) is 15.1 Å². The zero-order chi connectivity index (χ0) is 15.0. The Morgan fingerprint density at radius 1 is 1.50 bits per heavy atom. The van der Waals surface area contributed by atoms with Crippen molar-refractivity contribution in [2.45, 2.75) is 6.54 Å². The molecule has 0 saturated carbocycles. The summed E-state index contributed by atoms with van der Waals surface area (Å²) in [5.74, 6) is 4.77. The highest BCUT2D eigenvalue weighted by atomic mass is 79.9. The van der Waals surface area contributed by atoms with E-state index in [4.69, 9.17) is 15.7 Å². The molecule has 20 heavy (non-hydrogen) atoms.